The number of hydrogen-bond donors (Lipinski definition) is 1. The summed E-state index contributed by atoms with van der Waals surface area (Å²) >= 11 is 6.04. The van der Waals surface area contributed by atoms with Gasteiger partial charge in [0.2, 0.25) is 0 Å². The van der Waals surface area contributed by atoms with Crippen molar-refractivity contribution in [2.24, 2.45) is 0 Å². The Balaban J connectivity index is 1.70. The van der Waals surface area contributed by atoms with Crippen molar-refractivity contribution in [1.29, 1.82) is 0 Å². The molecule has 1 saturated heterocycles. The molecule has 92 valence electrons. The summed E-state index contributed by atoms with van der Waals surface area (Å²) in [5.41, 5.74) is 8.92. The SMILES string of the molecule is Nc1ccc(N2CC(c3ccccc3)C2)cc1Cl. The van der Waals surface area contributed by atoms with Crippen LogP contribution < -0.4 is 10.6 Å². The van der Waals surface area contributed by atoms with Crippen LogP contribution in [0.3, 0.4) is 0 Å². The van der Waals surface area contributed by atoms with Crippen molar-refractivity contribution in [3.63, 3.8) is 0 Å². The summed E-state index contributed by atoms with van der Waals surface area (Å²) in [4.78, 5) is 2.32. The van der Waals surface area contributed by atoms with Gasteiger partial charge in [0.05, 0.1) is 10.7 Å². The quantitative estimate of drug-likeness (QED) is 0.835. The first-order valence-electron chi connectivity index (χ1n) is 6.09. The van der Waals surface area contributed by atoms with E-state index in [1.807, 2.05) is 18.2 Å². The molecule has 0 aliphatic carbocycles. The molecule has 0 unspecified atom stereocenters. The molecule has 0 radical (unpaired) electrons. The Hall–Kier alpha value is -1.67. The largest absolute Gasteiger partial charge is 0.398 e. The van der Waals surface area contributed by atoms with E-state index in [1.165, 1.54) is 5.56 Å². The molecule has 0 amide bonds. The van der Waals surface area contributed by atoms with E-state index in [2.05, 4.69) is 35.2 Å². The van der Waals surface area contributed by atoms with Gasteiger partial charge in [0.1, 0.15) is 0 Å². The number of nitrogens with two attached hydrogens (primary N) is 1. The Bertz CT molecular complexity index is 548. The van der Waals surface area contributed by atoms with Gasteiger partial charge in [-0.15, -0.1) is 0 Å². The second kappa shape index (κ2) is 4.54. The number of nitrogens with zero attached hydrogens (tertiary/aromatic N) is 1. The highest BCUT2D eigenvalue weighted by atomic mass is 35.5. The van der Waals surface area contributed by atoms with Gasteiger partial charge in [-0.05, 0) is 23.8 Å². The third-order valence-corrected chi connectivity index (χ3v) is 3.83. The zero-order valence-electron chi connectivity index (χ0n) is 10.0. The lowest BCUT2D eigenvalue weighted by Crippen LogP contribution is -2.45. The van der Waals surface area contributed by atoms with E-state index in [9.17, 15) is 0 Å². The lowest BCUT2D eigenvalue weighted by atomic mass is 9.91. The maximum absolute atomic E-state index is 6.04. The van der Waals surface area contributed by atoms with Crippen LogP contribution in [0.4, 0.5) is 11.4 Å². The molecule has 0 atom stereocenters. The first-order chi connectivity index (χ1) is 8.74. The Labute approximate surface area is 112 Å². The average Bonchev–Trinajstić information content (AvgIpc) is 2.33. The van der Waals surface area contributed by atoms with E-state index >= 15 is 0 Å². The van der Waals surface area contributed by atoms with Crippen molar-refractivity contribution in [1.82, 2.24) is 0 Å². The van der Waals surface area contributed by atoms with Gasteiger partial charge in [0.25, 0.3) is 0 Å². The fourth-order valence-corrected chi connectivity index (χ4v) is 2.51. The predicted octanol–water partition coefficient (Wildman–Crippen LogP) is 3.53. The fourth-order valence-electron chi connectivity index (χ4n) is 2.34. The van der Waals surface area contributed by atoms with Crippen molar-refractivity contribution < 1.29 is 0 Å². The molecular formula is C15H15ClN2. The molecule has 3 rings (SSSR count). The monoisotopic (exact) mass is 258 g/mol. The predicted molar refractivity (Wildman–Crippen MR) is 77.3 cm³/mol. The summed E-state index contributed by atoms with van der Waals surface area (Å²) in [6.45, 7) is 2.09. The van der Waals surface area contributed by atoms with E-state index in [-0.39, 0.29) is 0 Å². The molecule has 18 heavy (non-hydrogen) atoms. The first-order valence-corrected chi connectivity index (χ1v) is 6.47. The molecule has 2 aromatic carbocycles. The summed E-state index contributed by atoms with van der Waals surface area (Å²) in [5, 5.41) is 0.635. The van der Waals surface area contributed by atoms with Gasteiger partial charge in [0.15, 0.2) is 0 Å². The van der Waals surface area contributed by atoms with E-state index in [0.717, 1.165) is 18.8 Å². The van der Waals surface area contributed by atoms with Gasteiger partial charge in [-0.3, -0.25) is 0 Å². The van der Waals surface area contributed by atoms with Crippen LogP contribution in [0.1, 0.15) is 11.5 Å². The Kier molecular flexibility index (Phi) is 2.88. The molecule has 1 heterocycles. The molecule has 1 fully saturated rings. The summed E-state index contributed by atoms with van der Waals surface area (Å²) in [7, 11) is 0. The highest BCUT2D eigenvalue weighted by Gasteiger charge is 2.28. The van der Waals surface area contributed by atoms with Crippen LogP contribution in [0, 0.1) is 0 Å². The Morgan fingerprint density at radius 2 is 1.78 bits per heavy atom. The molecule has 1 aliphatic heterocycles. The van der Waals surface area contributed by atoms with Crippen molar-refractivity contribution in [2.45, 2.75) is 5.92 Å². The molecule has 0 spiro atoms. The number of anilines is 2. The summed E-state index contributed by atoms with van der Waals surface area (Å²) in [5.74, 6) is 0.627. The third kappa shape index (κ3) is 2.04. The van der Waals surface area contributed by atoms with Gasteiger partial charge in [0, 0.05) is 24.7 Å². The second-order valence-corrected chi connectivity index (χ2v) is 5.13. The topological polar surface area (TPSA) is 29.3 Å². The highest BCUT2D eigenvalue weighted by Crippen LogP contribution is 2.33. The summed E-state index contributed by atoms with van der Waals surface area (Å²) in [6, 6.07) is 16.5. The van der Waals surface area contributed by atoms with Crippen molar-refractivity contribution in [3.05, 3.63) is 59.1 Å². The van der Waals surface area contributed by atoms with Gasteiger partial charge in [-0.25, -0.2) is 0 Å². The van der Waals surface area contributed by atoms with Crippen LogP contribution in [-0.2, 0) is 0 Å². The number of hydrogen-bond acceptors (Lipinski definition) is 2. The lowest BCUT2D eigenvalue weighted by molar-refractivity contribution is 0.525. The molecular weight excluding hydrogens is 244 g/mol. The van der Waals surface area contributed by atoms with Gasteiger partial charge < -0.3 is 10.6 Å². The zero-order valence-corrected chi connectivity index (χ0v) is 10.8. The lowest BCUT2D eigenvalue weighted by Gasteiger charge is -2.41. The minimum Gasteiger partial charge on any atom is -0.398 e. The van der Waals surface area contributed by atoms with Crippen molar-refractivity contribution in [3.8, 4) is 0 Å². The number of halogens is 1. The molecule has 0 aromatic heterocycles. The minimum atomic E-state index is 0.627. The molecule has 2 aromatic rings. The van der Waals surface area contributed by atoms with Crippen molar-refractivity contribution >= 4 is 23.0 Å². The minimum absolute atomic E-state index is 0.627. The normalized spacial score (nSPS) is 15.5. The summed E-state index contributed by atoms with van der Waals surface area (Å²) in [6.07, 6.45) is 0. The average molecular weight is 259 g/mol. The first kappa shape index (κ1) is 11.4. The van der Waals surface area contributed by atoms with E-state index < -0.39 is 0 Å². The molecule has 1 aliphatic rings. The van der Waals surface area contributed by atoms with E-state index in [0.29, 0.717) is 16.6 Å². The van der Waals surface area contributed by atoms with Gasteiger partial charge in [-0.1, -0.05) is 41.9 Å². The Morgan fingerprint density at radius 1 is 1.06 bits per heavy atom. The van der Waals surface area contributed by atoms with Crippen molar-refractivity contribution in [2.75, 3.05) is 23.7 Å². The zero-order chi connectivity index (χ0) is 12.5. The fraction of sp³-hybridized carbons (Fsp3) is 0.200. The van der Waals surface area contributed by atoms with Crippen LogP contribution in [0.25, 0.3) is 0 Å². The number of nitrogen functional groups attached to an aromatic ring is 1. The van der Waals surface area contributed by atoms with E-state index in [1.54, 1.807) is 0 Å². The maximum Gasteiger partial charge on any atom is 0.0656 e. The second-order valence-electron chi connectivity index (χ2n) is 4.72. The molecule has 2 nitrogen and oxygen atoms in total. The standard InChI is InChI=1S/C15H15ClN2/c16-14-8-13(6-7-15(14)17)18-9-12(10-18)11-4-2-1-3-5-11/h1-8,12H,9-10,17H2. The van der Waals surface area contributed by atoms with Crippen LogP contribution in [0.5, 0.6) is 0 Å². The van der Waals surface area contributed by atoms with Gasteiger partial charge >= 0.3 is 0 Å². The van der Waals surface area contributed by atoms with Crippen LogP contribution in [0.2, 0.25) is 5.02 Å². The Morgan fingerprint density at radius 3 is 2.44 bits per heavy atom. The van der Waals surface area contributed by atoms with Crippen LogP contribution in [0.15, 0.2) is 48.5 Å². The van der Waals surface area contributed by atoms with Crippen LogP contribution in [-0.4, -0.2) is 13.1 Å². The van der Waals surface area contributed by atoms with E-state index in [4.69, 9.17) is 17.3 Å². The molecule has 0 bridgehead atoms. The molecule has 0 saturated carbocycles. The van der Waals surface area contributed by atoms with Crippen LogP contribution >= 0.6 is 11.6 Å². The third-order valence-electron chi connectivity index (χ3n) is 3.50. The smallest absolute Gasteiger partial charge is 0.0656 e. The van der Waals surface area contributed by atoms with Gasteiger partial charge in [-0.2, -0.15) is 0 Å². The maximum atomic E-state index is 6.04. The number of benzene rings is 2. The molecule has 2 N–H and O–H groups in total. The number of rotatable bonds is 2. The summed E-state index contributed by atoms with van der Waals surface area (Å²) < 4.78 is 0. The molecule has 3 heteroatoms. The highest BCUT2D eigenvalue weighted by molar-refractivity contribution is 6.33.